The Morgan fingerprint density at radius 2 is 2.30 bits per heavy atom. The van der Waals surface area contributed by atoms with Crippen LogP contribution < -0.4 is 5.73 Å². The fraction of sp³-hybridized carbons (Fsp3) is 0. The first kappa shape index (κ1) is 7.14. The maximum absolute atomic E-state index is 10.5. The molecule has 5 heteroatoms. The fourth-order valence-corrected chi connectivity index (χ4v) is 0.777. The third-order valence-electron chi connectivity index (χ3n) is 0.886. The molecule has 0 aliphatic rings. The summed E-state index contributed by atoms with van der Waals surface area (Å²) >= 11 is 3.07. The van der Waals surface area contributed by atoms with E-state index in [1.807, 2.05) is 0 Å². The molecule has 1 rings (SSSR count). The Bertz CT molecular complexity index is 263. The van der Waals surface area contributed by atoms with Gasteiger partial charge in [-0.25, -0.2) is 9.97 Å². The van der Waals surface area contributed by atoms with E-state index >= 15 is 0 Å². The number of aromatic nitrogens is 2. The number of hydrogen-bond acceptors (Lipinski definition) is 3. The van der Waals surface area contributed by atoms with Crippen LogP contribution in [0.15, 0.2) is 17.0 Å². The van der Waals surface area contributed by atoms with Crippen LogP contribution in [0.25, 0.3) is 0 Å². The molecule has 0 unspecified atom stereocenters. The van der Waals surface area contributed by atoms with Gasteiger partial charge in [0.15, 0.2) is 0 Å². The quantitative estimate of drug-likeness (QED) is 0.667. The van der Waals surface area contributed by atoms with Gasteiger partial charge < -0.3 is 5.73 Å². The van der Waals surface area contributed by atoms with Gasteiger partial charge in [-0.2, -0.15) is 0 Å². The Balaban J connectivity index is 3.07. The second kappa shape index (κ2) is 2.74. The molecule has 52 valence electrons. The van der Waals surface area contributed by atoms with Crippen molar-refractivity contribution in [1.29, 1.82) is 0 Å². The van der Waals surface area contributed by atoms with E-state index in [2.05, 4.69) is 25.9 Å². The number of nitrogens with zero attached hydrogens (tertiary/aromatic N) is 2. The highest BCUT2D eigenvalue weighted by molar-refractivity contribution is 9.10. The van der Waals surface area contributed by atoms with Crippen molar-refractivity contribution in [3.8, 4) is 0 Å². The average molecular weight is 202 g/mol. The highest BCUT2D eigenvalue weighted by Crippen LogP contribution is 2.03. The first-order valence-electron chi connectivity index (χ1n) is 2.47. The minimum atomic E-state index is -0.553. The molecule has 4 nitrogen and oxygen atoms in total. The summed E-state index contributed by atoms with van der Waals surface area (Å²) in [5.41, 5.74) is 5.14. The highest BCUT2D eigenvalue weighted by atomic mass is 79.9. The fourth-order valence-electron chi connectivity index (χ4n) is 0.468. The first-order valence-corrected chi connectivity index (χ1v) is 3.27. The molecule has 0 aliphatic carbocycles. The SMILES string of the molecule is NC(=O)c1cc(Br)ncn1. The zero-order chi connectivity index (χ0) is 7.56. The molecule has 1 aromatic heterocycles. The summed E-state index contributed by atoms with van der Waals surface area (Å²) in [7, 11) is 0. The van der Waals surface area contributed by atoms with E-state index in [4.69, 9.17) is 5.73 Å². The molecule has 0 fully saturated rings. The van der Waals surface area contributed by atoms with Crippen LogP contribution in [-0.2, 0) is 0 Å². The maximum Gasteiger partial charge on any atom is 0.267 e. The van der Waals surface area contributed by atoms with Crippen molar-refractivity contribution in [2.24, 2.45) is 5.73 Å². The van der Waals surface area contributed by atoms with Crippen LogP contribution in [0.3, 0.4) is 0 Å². The lowest BCUT2D eigenvalue weighted by atomic mass is 10.4. The molecule has 2 N–H and O–H groups in total. The second-order valence-corrected chi connectivity index (χ2v) is 2.40. The normalized spacial score (nSPS) is 9.30. The summed E-state index contributed by atoms with van der Waals surface area (Å²) in [5.74, 6) is -0.553. The lowest BCUT2D eigenvalue weighted by Crippen LogP contribution is -2.12. The standard InChI is InChI=1S/C5H4BrN3O/c6-4-1-3(5(7)10)8-2-9-4/h1-2H,(H2,7,10). The largest absolute Gasteiger partial charge is 0.364 e. The molecule has 10 heavy (non-hydrogen) atoms. The Kier molecular flexibility index (Phi) is 1.96. The molecule has 0 atom stereocenters. The summed E-state index contributed by atoms with van der Waals surface area (Å²) in [6, 6.07) is 1.46. The smallest absolute Gasteiger partial charge is 0.267 e. The van der Waals surface area contributed by atoms with Crippen LogP contribution in [0, 0.1) is 0 Å². The molecule has 0 saturated heterocycles. The van der Waals surface area contributed by atoms with Gasteiger partial charge in [0.25, 0.3) is 5.91 Å². The second-order valence-electron chi connectivity index (χ2n) is 1.59. The molecule has 0 spiro atoms. The molecule has 1 aromatic rings. The Hall–Kier alpha value is -0.970. The van der Waals surface area contributed by atoms with Crippen molar-refractivity contribution in [3.05, 3.63) is 22.7 Å². The van der Waals surface area contributed by atoms with Gasteiger partial charge >= 0.3 is 0 Å². The van der Waals surface area contributed by atoms with Crippen LogP contribution in [0.1, 0.15) is 10.5 Å². The van der Waals surface area contributed by atoms with Gasteiger partial charge in [-0.15, -0.1) is 0 Å². The van der Waals surface area contributed by atoms with Crippen molar-refractivity contribution in [2.75, 3.05) is 0 Å². The van der Waals surface area contributed by atoms with Crippen molar-refractivity contribution < 1.29 is 4.79 Å². The van der Waals surface area contributed by atoms with Crippen molar-refractivity contribution >= 4 is 21.8 Å². The highest BCUT2D eigenvalue weighted by Gasteiger charge is 2.00. The molecule has 0 aromatic carbocycles. The van der Waals surface area contributed by atoms with E-state index in [9.17, 15) is 4.79 Å². The number of nitrogens with two attached hydrogens (primary N) is 1. The summed E-state index contributed by atoms with van der Waals surface area (Å²) in [6.45, 7) is 0. The van der Waals surface area contributed by atoms with Gasteiger partial charge in [0.05, 0.1) is 0 Å². The van der Waals surface area contributed by atoms with E-state index in [1.54, 1.807) is 0 Å². The summed E-state index contributed by atoms with van der Waals surface area (Å²) in [6.07, 6.45) is 1.27. The third kappa shape index (κ3) is 1.51. The van der Waals surface area contributed by atoms with Crippen molar-refractivity contribution in [2.45, 2.75) is 0 Å². The van der Waals surface area contributed by atoms with Crippen LogP contribution in [0.2, 0.25) is 0 Å². The van der Waals surface area contributed by atoms with Crippen LogP contribution in [-0.4, -0.2) is 15.9 Å². The molecule has 0 bridgehead atoms. The van der Waals surface area contributed by atoms with Crippen molar-refractivity contribution in [1.82, 2.24) is 9.97 Å². The molecular weight excluding hydrogens is 198 g/mol. The molecule has 0 aliphatic heterocycles. The third-order valence-corrected chi connectivity index (χ3v) is 1.32. The number of carbonyl (C=O) groups is 1. The summed E-state index contributed by atoms with van der Waals surface area (Å²) in [4.78, 5) is 17.8. The molecular formula is C5H4BrN3O. The van der Waals surface area contributed by atoms with E-state index in [0.717, 1.165) is 0 Å². The topological polar surface area (TPSA) is 68.9 Å². The number of rotatable bonds is 1. The summed E-state index contributed by atoms with van der Waals surface area (Å²) < 4.78 is 0.552. The predicted molar refractivity (Wildman–Crippen MR) is 38.2 cm³/mol. The molecule has 1 heterocycles. The zero-order valence-electron chi connectivity index (χ0n) is 4.91. The van der Waals surface area contributed by atoms with Gasteiger partial charge in [0.1, 0.15) is 16.6 Å². The zero-order valence-corrected chi connectivity index (χ0v) is 6.50. The Morgan fingerprint density at radius 3 is 2.70 bits per heavy atom. The van der Waals surface area contributed by atoms with E-state index in [1.165, 1.54) is 12.4 Å². The lowest BCUT2D eigenvalue weighted by Gasteiger charge is -1.91. The number of primary amides is 1. The number of carbonyl (C=O) groups excluding carboxylic acids is 1. The van der Waals surface area contributed by atoms with E-state index < -0.39 is 5.91 Å². The van der Waals surface area contributed by atoms with E-state index in [0.29, 0.717) is 4.60 Å². The number of hydrogen-bond donors (Lipinski definition) is 1. The van der Waals surface area contributed by atoms with Gasteiger partial charge in [0.2, 0.25) is 0 Å². The van der Waals surface area contributed by atoms with Gasteiger partial charge in [-0.3, -0.25) is 4.79 Å². The van der Waals surface area contributed by atoms with Gasteiger partial charge in [0, 0.05) is 6.07 Å². The Morgan fingerprint density at radius 1 is 1.60 bits per heavy atom. The van der Waals surface area contributed by atoms with Crippen LogP contribution in [0.5, 0.6) is 0 Å². The monoisotopic (exact) mass is 201 g/mol. The first-order chi connectivity index (χ1) is 4.70. The average Bonchev–Trinajstić information content (AvgIpc) is 1.88. The molecule has 1 amide bonds. The molecule has 0 saturated carbocycles. The predicted octanol–water partition coefficient (Wildman–Crippen LogP) is 0.338. The van der Waals surface area contributed by atoms with Crippen LogP contribution in [0.4, 0.5) is 0 Å². The summed E-state index contributed by atoms with van der Waals surface area (Å²) in [5, 5.41) is 0. The van der Waals surface area contributed by atoms with E-state index in [-0.39, 0.29) is 5.69 Å². The Labute approximate surface area is 65.6 Å². The van der Waals surface area contributed by atoms with Crippen molar-refractivity contribution in [3.63, 3.8) is 0 Å². The van der Waals surface area contributed by atoms with Crippen LogP contribution >= 0.6 is 15.9 Å². The van der Waals surface area contributed by atoms with Gasteiger partial charge in [-0.05, 0) is 15.9 Å². The molecule has 0 radical (unpaired) electrons. The van der Waals surface area contributed by atoms with Gasteiger partial charge in [-0.1, -0.05) is 0 Å². The number of halogens is 1. The minimum Gasteiger partial charge on any atom is -0.364 e. The minimum absolute atomic E-state index is 0.210. The number of amides is 1. The maximum atomic E-state index is 10.5. The lowest BCUT2D eigenvalue weighted by molar-refractivity contribution is 0.0995.